The predicted octanol–water partition coefficient (Wildman–Crippen LogP) is 1.93. The minimum absolute atomic E-state index is 0.249. The fourth-order valence-electron chi connectivity index (χ4n) is 2.67. The van der Waals surface area contributed by atoms with Gasteiger partial charge in [-0.3, -0.25) is 9.59 Å². The second-order valence-electron chi connectivity index (χ2n) is 7.17. The van der Waals surface area contributed by atoms with Crippen molar-refractivity contribution in [1.29, 1.82) is 0 Å². The Morgan fingerprint density at radius 1 is 1.04 bits per heavy atom. The molecule has 2 N–H and O–H groups in total. The van der Waals surface area contributed by atoms with E-state index in [-0.39, 0.29) is 11.8 Å². The molecule has 2 amide bonds. The molecule has 1 aliphatic rings. The molecular formula is C19H30N4O2. The van der Waals surface area contributed by atoms with Crippen molar-refractivity contribution < 1.29 is 9.59 Å². The van der Waals surface area contributed by atoms with Crippen LogP contribution < -0.4 is 15.5 Å². The molecule has 25 heavy (non-hydrogen) atoms. The van der Waals surface area contributed by atoms with Crippen LogP contribution in [-0.2, 0) is 9.59 Å². The molecule has 2 rings (SSSR count). The number of carbonyl (C=O) groups is 2. The number of nitrogens with zero attached hydrogens (tertiary/aromatic N) is 2. The average molecular weight is 346 g/mol. The van der Waals surface area contributed by atoms with Crippen LogP contribution in [0.25, 0.3) is 0 Å². The summed E-state index contributed by atoms with van der Waals surface area (Å²) in [5.41, 5.74) is 0.760. The molecule has 1 aromatic carbocycles. The van der Waals surface area contributed by atoms with Crippen molar-refractivity contribution >= 4 is 23.2 Å². The zero-order valence-electron chi connectivity index (χ0n) is 15.8. The number of hydrogen-bond acceptors (Lipinski definition) is 4. The number of carbonyl (C=O) groups excluding carboxylic acids is 2. The summed E-state index contributed by atoms with van der Waals surface area (Å²) in [7, 11) is 2.13. The van der Waals surface area contributed by atoms with Crippen LogP contribution in [0.4, 0.5) is 11.4 Å². The van der Waals surface area contributed by atoms with Crippen LogP contribution in [0.2, 0.25) is 0 Å². The van der Waals surface area contributed by atoms with E-state index in [1.807, 2.05) is 31.2 Å². The van der Waals surface area contributed by atoms with Crippen molar-refractivity contribution in [2.24, 2.45) is 5.41 Å². The number of nitrogens with one attached hydrogen (secondary N) is 2. The van der Waals surface area contributed by atoms with Crippen LogP contribution in [0.3, 0.4) is 0 Å². The number of piperazine rings is 1. The second-order valence-corrected chi connectivity index (χ2v) is 7.17. The molecule has 0 atom stereocenters. The lowest BCUT2D eigenvalue weighted by atomic mass is 9.91. The lowest BCUT2D eigenvalue weighted by Crippen LogP contribution is -2.45. The third kappa shape index (κ3) is 4.95. The molecule has 6 heteroatoms. The van der Waals surface area contributed by atoms with E-state index in [1.54, 1.807) is 13.8 Å². The number of amides is 2. The Hall–Kier alpha value is -2.08. The van der Waals surface area contributed by atoms with Crippen LogP contribution in [0.15, 0.2) is 24.3 Å². The molecule has 1 aliphatic heterocycles. The molecule has 0 aliphatic carbocycles. The highest BCUT2D eigenvalue weighted by atomic mass is 16.2. The number of likely N-dealkylation sites (N-methyl/N-ethyl adjacent to an activating group) is 1. The van der Waals surface area contributed by atoms with E-state index < -0.39 is 5.41 Å². The Kier molecular flexibility index (Phi) is 6.42. The smallest absolute Gasteiger partial charge is 0.239 e. The molecule has 0 radical (unpaired) electrons. The molecule has 6 nitrogen and oxygen atoms in total. The van der Waals surface area contributed by atoms with Crippen molar-refractivity contribution in [3.05, 3.63) is 24.3 Å². The third-order valence-corrected chi connectivity index (χ3v) is 4.66. The summed E-state index contributed by atoms with van der Waals surface area (Å²) in [6.07, 6.45) is 0.844. The maximum absolute atomic E-state index is 12.5. The van der Waals surface area contributed by atoms with Crippen molar-refractivity contribution in [1.82, 2.24) is 10.2 Å². The van der Waals surface area contributed by atoms with Crippen molar-refractivity contribution in [3.63, 3.8) is 0 Å². The van der Waals surface area contributed by atoms with Gasteiger partial charge in [0.2, 0.25) is 11.8 Å². The fourth-order valence-corrected chi connectivity index (χ4v) is 2.67. The number of hydrogen-bond donors (Lipinski definition) is 2. The molecule has 1 saturated heterocycles. The molecule has 0 saturated carbocycles. The standard InChI is InChI=1S/C19H30N4O2/c1-5-10-20-17(24)19(2,3)18(25)21-15-6-8-16(9-7-15)23-13-11-22(4)12-14-23/h6-9H,5,10-14H2,1-4H3,(H,20,24)(H,21,25). The van der Waals surface area contributed by atoms with E-state index in [4.69, 9.17) is 0 Å². The monoisotopic (exact) mass is 346 g/mol. The molecule has 1 fully saturated rings. The van der Waals surface area contributed by atoms with E-state index in [9.17, 15) is 9.59 Å². The number of anilines is 2. The largest absolute Gasteiger partial charge is 0.369 e. The maximum atomic E-state index is 12.5. The highest BCUT2D eigenvalue weighted by molar-refractivity contribution is 6.09. The topological polar surface area (TPSA) is 64.7 Å². The molecule has 0 aromatic heterocycles. The lowest BCUT2D eigenvalue weighted by Gasteiger charge is -2.34. The predicted molar refractivity (Wildman–Crippen MR) is 102 cm³/mol. The summed E-state index contributed by atoms with van der Waals surface area (Å²) in [4.78, 5) is 29.3. The zero-order chi connectivity index (χ0) is 18.4. The molecule has 0 spiro atoms. The second kappa shape index (κ2) is 8.34. The van der Waals surface area contributed by atoms with Gasteiger partial charge in [0.15, 0.2) is 0 Å². The van der Waals surface area contributed by atoms with E-state index in [0.29, 0.717) is 12.2 Å². The van der Waals surface area contributed by atoms with Gasteiger partial charge in [-0.05, 0) is 51.6 Å². The molecule has 138 valence electrons. The van der Waals surface area contributed by atoms with Gasteiger partial charge in [0, 0.05) is 44.1 Å². The van der Waals surface area contributed by atoms with Crippen LogP contribution in [0.5, 0.6) is 0 Å². The first kappa shape index (κ1) is 19.2. The summed E-state index contributed by atoms with van der Waals surface area (Å²) in [6, 6.07) is 7.83. The highest BCUT2D eigenvalue weighted by Crippen LogP contribution is 2.22. The van der Waals surface area contributed by atoms with E-state index >= 15 is 0 Å². The zero-order valence-corrected chi connectivity index (χ0v) is 15.8. The number of rotatable bonds is 6. The summed E-state index contributed by atoms with van der Waals surface area (Å²) >= 11 is 0. The van der Waals surface area contributed by atoms with Crippen molar-refractivity contribution in [3.8, 4) is 0 Å². The van der Waals surface area contributed by atoms with E-state index in [2.05, 4.69) is 27.5 Å². The Balaban J connectivity index is 1.96. The fraction of sp³-hybridized carbons (Fsp3) is 0.579. The summed E-state index contributed by atoms with van der Waals surface area (Å²) in [5.74, 6) is -0.547. The Labute approximate surface area is 150 Å². The first-order valence-electron chi connectivity index (χ1n) is 8.98. The minimum Gasteiger partial charge on any atom is -0.369 e. The van der Waals surface area contributed by atoms with Gasteiger partial charge in [-0.1, -0.05) is 6.92 Å². The van der Waals surface area contributed by atoms with Crippen molar-refractivity contribution in [2.75, 3.05) is 50.0 Å². The minimum atomic E-state index is -1.11. The van der Waals surface area contributed by atoms with Gasteiger partial charge in [0.05, 0.1) is 0 Å². The summed E-state index contributed by atoms with van der Waals surface area (Å²) in [6.45, 7) is 9.97. The van der Waals surface area contributed by atoms with Crippen LogP contribution in [0.1, 0.15) is 27.2 Å². The number of benzene rings is 1. The Bertz CT molecular complexity index is 590. The third-order valence-electron chi connectivity index (χ3n) is 4.66. The molecule has 0 bridgehead atoms. The van der Waals surface area contributed by atoms with Gasteiger partial charge in [0.25, 0.3) is 0 Å². The Morgan fingerprint density at radius 2 is 1.64 bits per heavy atom. The molecule has 0 unspecified atom stereocenters. The van der Waals surface area contributed by atoms with Crippen LogP contribution in [0, 0.1) is 5.41 Å². The SMILES string of the molecule is CCCNC(=O)C(C)(C)C(=O)Nc1ccc(N2CCN(C)CC2)cc1. The van der Waals surface area contributed by atoms with Gasteiger partial charge in [0.1, 0.15) is 5.41 Å². The van der Waals surface area contributed by atoms with E-state index in [0.717, 1.165) is 38.3 Å². The Morgan fingerprint density at radius 3 is 2.20 bits per heavy atom. The first-order valence-corrected chi connectivity index (χ1v) is 8.98. The van der Waals surface area contributed by atoms with Crippen LogP contribution in [-0.4, -0.2) is 56.5 Å². The molecular weight excluding hydrogens is 316 g/mol. The molecule has 1 heterocycles. The van der Waals surface area contributed by atoms with Crippen molar-refractivity contribution in [2.45, 2.75) is 27.2 Å². The van der Waals surface area contributed by atoms with E-state index in [1.165, 1.54) is 0 Å². The van der Waals surface area contributed by atoms with Gasteiger partial charge in [-0.15, -0.1) is 0 Å². The maximum Gasteiger partial charge on any atom is 0.239 e. The van der Waals surface area contributed by atoms with Gasteiger partial charge >= 0.3 is 0 Å². The van der Waals surface area contributed by atoms with Crippen LogP contribution >= 0.6 is 0 Å². The summed E-state index contributed by atoms with van der Waals surface area (Å²) < 4.78 is 0. The highest BCUT2D eigenvalue weighted by Gasteiger charge is 2.35. The van der Waals surface area contributed by atoms with Gasteiger partial charge in [-0.25, -0.2) is 0 Å². The first-order chi connectivity index (χ1) is 11.8. The average Bonchev–Trinajstić information content (AvgIpc) is 2.61. The lowest BCUT2D eigenvalue weighted by molar-refractivity contribution is -0.138. The normalized spacial score (nSPS) is 15.8. The van der Waals surface area contributed by atoms with Gasteiger partial charge in [-0.2, -0.15) is 0 Å². The quantitative estimate of drug-likeness (QED) is 0.773. The van der Waals surface area contributed by atoms with Gasteiger partial charge < -0.3 is 20.4 Å². The summed E-state index contributed by atoms with van der Waals surface area (Å²) in [5, 5.41) is 5.63. The molecule has 1 aromatic rings.